The maximum absolute atomic E-state index is 14.0. The van der Waals surface area contributed by atoms with Crippen molar-refractivity contribution in [3.63, 3.8) is 0 Å². The number of carbonyl (C=O) groups excluding carboxylic acids is 1. The molecule has 0 spiro atoms. The molecule has 0 aliphatic heterocycles. The van der Waals surface area contributed by atoms with Crippen molar-refractivity contribution in [2.75, 3.05) is 7.05 Å². The van der Waals surface area contributed by atoms with E-state index in [0.717, 1.165) is 36.8 Å². The second-order valence-corrected chi connectivity index (χ2v) is 6.69. The molecular weight excluding hydrogens is 315 g/mol. The van der Waals surface area contributed by atoms with Crippen molar-refractivity contribution in [1.29, 1.82) is 0 Å². The molecule has 114 valence electrons. The van der Waals surface area contributed by atoms with Gasteiger partial charge in [-0.15, -0.1) is 0 Å². The van der Waals surface area contributed by atoms with Crippen LogP contribution < -0.4 is 14.2 Å². The van der Waals surface area contributed by atoms with Gasteiger partial charge in [0, 0.05) is 18.2 Å². The maximum Gasteiger partial charge on any atom is 0.265 e. The Bertz CT molecular complexity index is 562. The van der Waals surface area contributed by atoms with Crippen molar-refractivity contribution in [2.24, 2.45) is 11.8 Å². The molecule has 2 aliphatic carbocycles. The average Bonchev–Trinajstić information content (AvgIpc) is 3.07. The molecule has 2 atom stereocenters. The van der Waals surface area contributed by atoms with Crippen LogP contribution in [0.1, 0.15) is 29.6 Å². The number of amides is 1. The van der Waals surface area contributed by atoms with Gasteiger partial charge in [-0.2, -0.15) is 0 Å². The molecule has 0 radical (unpaired) electrons. The fourth-order valence-electron chi connectivity index (χ4n) is 2.88. The topological polar surface area (TPSA) is 50.4 Å². The fraction of sp³-hybridized carbons (Fsp3) is 0.500. The first-order valence-corrected chi connectivity index (χ1v) is 8.06. The van der Waals surface area contributed by atoms with E-state index in [1.807, 2.05) is 0 Å². The zero-order chi connectivity index (χ0) is 15.0. The lowest BCUT2D eigenvalue weighted by atomic mass is 10.1. The summed E-state index contributed by atoms with van der Waals surface area (Å²) in [4.78, 5) is 11.8. The van der Waals surface area contributed by atoms with Crippen LogP contribution in [0.15, 0.2) is 12.1 Å². The molecule has 2 unspecified atom stereocenters. The minimum Gasteiger partial charge on any atom is -0.489 e. The van der Waals surface area contributed by atoms with Gasteiger partial charge in [0.05, 0.1) is 16.7 Å². The van der Waals surface area contributed by atoms with E-state index in [0.29, 0.717) is 5.75 Å². The Morgan fingerprint density at radius 1 is 1.38 bits per heavy atom. The van der Waals surface area contributed by atoms with Crippen molar-refractivity contribution in [3.05, 3.63) is 28.5 Å². The smallest absolute Gasteiger partial charge is 0.265 e. The lowest BCUT2D eigenvalue weighted by molar-refractivity contribution is 0.0980. The molecule has 2 fully saturated rings. The molecule has 1 aromatic rings. The van der Waals surface area contributed by atoms with Crippen molar-refractivity contribution in [1.82, 2.24) is 9.44 Å². The van der Waals surface area contributed by atoms with Crippen LogP contribution in [-0.4, -0.2) is 19.1 Å². The molecule has 0 saturated heterocycles. The lowest BCUT2D eigenvalue weighted by Crippen LogP contribution is -2.21. The predicted molar refractivity (Wildman–Crippen MR) is 80.8 cm³/mol. The van der Waals surface area contributed by atoms with Crippen molar-refractivity contribution in [3.8, 4) is 5.75 Å². The molecule has 1 aromatic carbocycles. The lowest BCUT2D eigenvalue weighted by Gasteiger charge is -2.17. The zero-order valence-corrected chi connectivity index (χ0v) is 13.1. The molecule has 0 aromatic heterocycles. The summed E-state index contributed by atoms with van der Waals surface area (Å²) in [5.41, 5.74) is -0.0932. The third-order valence-electron chi connectivity index (χ3n) is 4.01. The van der Waals surface area contributed by atoms with E-state index in [1.54, 1.807) is 7.05 Å². The van der Waals surface area contributed by atoms with Crippen LogP contribution >= 0.6 is 23.7 Å². The number of ether oxygens (including phenoxy) is 1. The van der Waals surface area contributed by atoms with Crippen LogP contribution in [0.25, 0.3) is 0 Å². The summed E-state index contributed by atoms with van der Waals surface area (Å²) >= 11 is 7.08. The number of benzene rings is 1. The minimum atomic E-state index is -0.633. The molecule has 7 heteroatoms. The van der Waals surface area contributed by atoms with Crippen LogP contribution in [-0.2, 0) is 0 Å². The number of carbonyl (C=O) groups is 1. The molecule has 0 heterocycles. The van der Waals surface area contributed by atoms with E-state index >= 15 is 0 Å². The summed E-state index contributed by atoms with van der Waals surface area (Å²) in [5.74, 6) is 0.706. The van der Waals surface area contributed by atoms with Gasteiger partial charge in [0.25, 0.3) is 5.91 Å². The van der Waals surface area contributed by atoms with Crippen molar-refractivity contribution >= 4 is 29.6 Å². The Morgan fingerprint density at radius 2 is 2.10 bits per heavy atom. The highest BCUT2D eigenvalue weighted by Gasteiger charge is 2.47. The monoisotopic (exact) mass is 330 g/mol. The van der Waals surface area contributed by atoms with Gasteiger partial charge in [-0.1, -0.05) is 11.6 Å². The first kappa shape index (κ1) is 14.9. The normalized spacial score (nSPS) is 26.3. The second kappa shape index (κ2) is 6.02. The van der Waals surface area contributed by atoms with Crippen molar-refractivity contribution in [2.45, 2.75) is 25.4 Å². The van der Waals surface area contributed by atoms with E-state index in [9.17, 15) is 9.18 Å². The zero-order valence-electron chi connectivity index (χ0n) is 11.5. The SMILES string of the molecule is CNSNC(=O)c1cc(Cl)c(OC2CC3CC3C2)cc1F. The summed E-state index contributed by atoms with van der Waals surface area (Å²) < 4.78 is 24.9. The fourth-order valence-corrected chi connectivity index (χ4v) is 3.39. The van der Waals surface area contributed by atoms with Crippen molar-refractivity contribution < 1.29 is 13.9 Å². The Labute approximate surface area is 132 Å². The van der Waals surface area contributed by atoms with Gasteiger partial charge in [0.15, 0.2) is 0 Å². The molecule has 21 heavy (non-hydrogen) atoms. The van der Waals surface area contributed by atoms with Crippen LogP contribution in [0.2, 0.25) is 5.02 Å². The first-order valence-electron chi connectivity index (χ1n) is 6.87. The molecule has 4 nitrogen and oxygen atoms in total. The summed E-state index contributed by atoms with van der Waals surface area (Å²) in [6.07, 6.45) is 3.45. The highest BCUT2D eigenvalue weighted by atomic mass is 35.5. The second-order valence-electron chi connectivity index (χ2n) is 5.47. The van der Waals surface area contributed by atoms with Crippen LogP contribution in [0.3, 0.4) is 0 Å². The van der Waals surface area contributed by atoms with E-state index in [1.165, 1.54) is 18.6 Å². The quantitative estimate of drug-likeness (QED) is 0.814. The third kappa shape index (κ3) is 3.27. The van der Waals surface area contributed by atoms with Crippen LogP contribution in [0.5, 0.6) is 5.75 Å². The number of halogens is 2. The summed E-state index contributed by atoms with van der Waals surface area (Å²) in [7, 11) is 1.65. The van der Waals surface area contributed by atoms with Crippen LogP contribution in [0.4, 0.5) is 4.39 Å². The van der Waals surface area contributed by atoms with Gasteiger partial charge in [-0.3, -0.25) is 9.52 Å². The molecular formula is C14H16ClFN2O2S. The molecule has 2 N–H and O–H groups in total. The van der Waals surface area contributed by atoms with E-state index in [4.69, 9.17) is 16.3 Å². The molecule has 2 aliphatic rings. The number of hydrogen-bond acceptors (Lipinski definition) is 4. The summed E-state index contributed by atoms with van der Waals surface area (Å²) in [6.45, 7) is 0. The van der Waals surface area contributed by atoms with E-state index < -0.39 is 11.7 Å². The first-order chi connectivity index (χ1) is 10.1. The Morgan fingerprint density at radius 3 is 2.76 bits per heavy atom. The van der Waals surface area contributed by atoms with Gasteiger partial charge in [-0.05, 0) is 44.2 Å². The highest BCUT2D eigenvalue weighted by molar-refractivity contribution is 7.96. The highest BCUT2D eigenvalue weighted by Crippen LogP contribution is 2.52. The van der Waals surface area contributed by atoms with Gasteiger partial charge < -0.3 is 4.74 Å². The molecule has 0 bridgehead atoms. The molecule has 3 rings (SSSR count). The van der Waals surface area contributed by atoms with E-state index in [2.05, 4.69) is 9.44 Å². The Balaban J connectivity index is 1.71. The molecule has 1 amide bonds. The Kier molecular flexibility index (Phi) is 4.28. The number of hydrogen-bond donors (Lipinski definition) is 2. The van der Waals surface area contributed by atoms with Crippen LogP contribution in [0, 0.1) is 17.7 Å². The van der Waals surface area contributed by atoms with Gasteiger partial charge in [0.2, 0.25) is 0 Å². The number of rotatable bonds is 5. The summed E-state index contributed by atoms with van der Waals surface area (Å²) in [6, 6.07) is 2.51. The minimum absolute atomic E-state index is 0.0932. The van der Waals surface area contributed by atoms with Gasteiger partial charge in [0.1, 0.15) is 11.6 Å². The maximum atomic E-state index is 14.0. The van der Waals surface area contributed by atoms with Gasteiger partial charge in [-0.25, -0.2) is 9.11 Å². The standard InChI is InChI=1S/C14H16ClFN2O2S/c1-17-21-18-14(19)10-5-11(15)13(6-12(10)16)20-9-3-7-2-8(7)4-9/h5-9,17H,2-4H2,1H3,(H,18,19). The largest absolute Gasteiger partial charge is 0.489 e. The van der Waals surface area contributed by atoms with Gasteiger partial charge >= 0.3 is 0 Å². The van der Waals surface area contributed by atoms with E-state index in [-0.39, 0.29) is 16.7 Å². The number of fused-ring (bicyclic) bond motifs is 1. The average molecular weight is 331 g/mol. The number of nitrogens with one attached hydrogen (secondary N) is 2. The third-order valence-corrected chi connectivity index (χ3v) is 4.79. The Hall–Kier alpha value is -0.980. The summed E-state index contributed by atoms with van der Waals surface area (Å²) in [5, 5.41) is 0.261. The predicted octanol–water partition coefficient (Wildman–Crippen LogP) is 3.17. The molecule has 2 saturated carbocycles.